The monoisotopic (exact) mass is 212 g/mol. The first-order chi connectivity index (χ1) is 7.36. The second-order valence-corrected chi connectivity index (χ2v) is 5.00. The molecule has 2 fully saturated rings. The van der Waals surface area contributed by atoms with Crippen LogP contribution in [0, 0.1) is 5.92 Å². The van der Waals surface area contributed by atoms with Crippen molar-refractivity contribution < 1.29 is 4.74 Å². The molecule has 0 aromatic rings. The second kappa shape index (κ2) is 5.83. The van der Waals surface area contributed by atoms with Crippen molar-refractivity contribution in [3.63, 3.8) is 0 Å². The summed E-state index contributed by atoms with van der Waals surface area (Å²) < 4.78 is 5.95. The first-order valence-corrected chi connectivity index (χ1v) is 6.47. The average molecular weight is 212 g/mol. The van der Waals surface area contributed by atoms with E-state index >= 15 is 0 Å². The Bertz CT molecular complexity index is 180. The standard InChI is InChI=1S/C12H24N2O/c13-12-11(7-4-8-14-12)15-9-10-5-2-1-3-6-10/h10-12,14H,1-9,13H2. The highest BCUT2D eigenvalue weighted by molar-refractivity contribution is 4.77. The quantitative estimate of drug-likeness (QED) is 0.747. The summed E-state index contributed by atoms with van der Waals surface area (Å²) in [5.41, 5.74) is 5.96. The van der Waals surface area contributed by atoms with E-state index in [-0.39, 0.29) is 12.3 Å². The van der Waals surface area contributed by atoms with Crippen molar-refractivity contribution in [2.75, 3.05) is 13.2 Å². The molecule has 0 amide bonds. The van der Waals surface area contributed by atoms with E-state index in [9.17, 15) is 0 Å². The molecule has 0 aromatic carbocycles. The molecule has 88 valence electrons. The highest BCUT2D eigenvalue weighted by atomic mass is 16.5. The minimum absolute atomic E-state index is 0.0577. The summed E-state index contributed by atoms with van der Waals surface area (Å²) in [7, 11) is 0. The molecular formula is C12H24N2O. The number of ether oxygens (including phenoxy) is 1. The van der Waals surface area contributed by atoms with Gasteiger partial charge in [-0.3, -0.25) is 5.32 Å². The molecular weight excluding hydrogens is 188 g/mol. The summed E-state index contributed by atoms with van der Waals surface area (Å²) in [6, 6.07) is 0. The van der Waals surface area contributed by atoms with E-state index in [1.54, 1.807) is 0 Å². The van der Waals surface area contributed by atoms with Gasteiger partial charge < -0.3 is 10.5 Å². The molecule has 2 aliphatic rings. The Hall–Kier alpha value is -0.120. The fourth-order valence-electron chi connectivity index (χ4n) is 2.68. The van der Waals surface area contributed by atoms with Crippen molar-refractivity contribution in [1.29, 1.82) is 0 Å². The molecule has 0 aromatic heterocycles. The van der Waals surface area contributed by atoms with Crippen LogP contribution in [0.4, 0.5) is 0 Å². The molecule has 1 saturated heterocycles. The molecule has 2 atom stereocenters. The van der Waals surface area contributed by atoms with Gasteiger partial charge in [0.25, 0.3) is 0 Å². The van der Waals surface area contributed by atoms with E-state index in [0.29, 0.717) is 0 Å². The highest BCUT2D eigenvalue weighted by Gasteiger charge is 2.23. The number of hydrogen-bond acceptors (Lipinski definition) is 3. The molecule has 2 unspecified atom stereocenters. The van der Waals surface area contributed by atoms with Crippen molar-refractivity contribution in [2.24, 2.45) is 11.7 Å². The zero-order chi connectivity index (χ0) is 10.5. The summed E-state index contributed by atoms with van der Waals surface area (Å²) in [5.74, 6) is 0.799. The highest BCUT2D eigenvalue weighted by Crippen LogP contribution is 2.24. The predicted octanol–water partition coefficient (Wildman–Crippen LogP) is 1.62. The van der Waals surface area contributed by atoms with Crippen molar-refractivity contribution >= 4 is 0 Å². The lowest BCUT2D eigenvalue weighted by atomic mass is 9.90. The van der Waals surface area contributed by atoms with Crippen LogP contribution in [0.1, 0.15) is 44.9 Å². The Balaban J connectivity index is 1.67. The maximum Gasteiger partial charge on any atom is 0.0858 e. The first-order valence-electron chi connectivity index (χ1n) is 6.47. The summed E-state index contributed by atoms with van der Waals surface area (Å²) in [6.45, 7) is 1.98. The Morgan fingerprint density at radius 2 is 1.87 bits per heavy atom. The lowest BCUT2D eigenvalue weighted by Gasteiger charge is -2.31. The van der Waals surface area contributed by atoms with Crippen LogP contribution in [-0.4, -0.2) is 25.4 Å². The number of rotatable bonds is 3. The fraction of sp³-hybridized carbons (Fsp3) is 1.00. The third-order valence-corrected chi connectivity index (χ3v) is 3.72. The Morgan fingerprint density at radius 1 is 1.07 bits per heavy atom. The molecule has 15 heavy (non-hydrogen) atoms. The van der Waals surface area contributed by atoms with E-state index in [1.807, 2.05) is 0 Å². The van der Waals surface area contributed by atoms with Gasteiger partial charge in [0.2, 0.25) is 0 Å². The SMILES string of the molecule is NC1NCCCC1OCC1CCCCC1. The van der Waals surface area contributed by atoms with Gasteiger partial charge in [-0.2, -0.15) is 0 Å². The molecule has 0 spiro atoms. The molecule has 2 rings (SSSR count). The summed E-state index contributed by atoms with van der Waals surface area (Å²) in [4.78, 5) is 0. The zero-order valence-electron chi connectivity index (χ0n) is 9.58. The van der Waals surface area contributed by atoms with Gasteiger partial charge in [0.05, 0.1) is 12.3 Å². The third kappa shape index (κ3) is 3.44. The minimum atomic E-state index is 0.0577. The van der Waals surface area contributed by atoms with Crippen LogP contribution in [0.25, 0.3) is 0 Å². The van der Waals surface area contributed by atoms with E-state index < -0.39 is 0 Å². The Morgan fingerprint density at radius 3 is 2.60 bits per heavy atom. The van der Waals surface area contributed by atoms with Crippen LogP contribution in [0.15, 0.2) is 0 Å². The topological polar surface area (TPSA) is 47.3 Å². The van der Waals surface area contributed by atoms with Crippen molar-refractivity contribution in [2.45, 2.75) is 57.2 Å². The average Bonchev–Trinajstić information content (AvgIpc) is 2.29. The van der Waals surface area contributed by atoms with Crippen LogP contribution < -0.4 is 11.1 Å². The third-order valence-electron chi connectivity index (χ3n) is 3.72. The summed E-state index contributed by atoms with van der Waals surface area (Å²) >= 11 is 0. The molecule has 3 N–H and O–H groups in total. The Labute approximate surface area is 92.7 Å². The van der Waals surface area contributed by atoms with Crippen LogP contribution in [-0.2, 0) is 4.74 Å². The van der Waals surface area contributed by atoms with Crippen molar-refractivity contribution in [1.82, 2.24) is 5.32 Å². The maximum absolute atomic E-state index is 5.96. The van der Waals surface area contributed by atoms with Crippen LogP contribution in [0.3, 0.4) is 0 Å². The molecule has 1 saturated carbocycles. The van der Waals surface area contributed by atoms with Crippen LogP contribution >= 0.6 is 0 Å². The number of hydrogen-bond donors (Lipinski definition) is 2. The number of piperidine rings is 1. The normalized spacial score (nSPS) is 34.2. The molecule has 1 aliphatic heterocycles. The minimum Gasteiger partial charge on any atom is -0.375 e. The Kier molecular flexibility index (Phi) is 4.42. The summed E-state index contributed by atoms with van der Waals surface area (Å²) in [5, 5.41) is 3.27. The van der Waals surface area contributed by atoms with Gasteiger partial charge in [-0.25, -0.2) is 0 Å². The van der Waals surface area contributed by atoms with Gasteiger partial charge in [-0.05, 0) is 38.1 Å². The smallest absolute Gasteiger partial charge is 0.0858 e. The van der Waals surface area contributed by atoms with Gasteiger partial charge in [0.1, 0.15) is 0 Å². The molecule has 1 aliphatic carbocycles. The molecule has 0 bridgehead atoms. The van der Waals surface area contributed by atoms with Crippen molar-refractivity contribution in [3.8, 4) is 0 Å². The summed E-state index contributed by atoms with van der Waals surface area (Å²) in [6.07, 6.45) is 9.55. The number of nitrogens with two attached hydrogens (primary N) is 1. The zero-order valence-corrected chi connectivity index (χ0v) is 9.58. The molecule has 3 nitrogen and oxygen atoms in total. The van der Waals surface area contributed by atoms with Gasteiger partial charge in [-0.15, -0.1) is 0 Å². The largest absolute Gasteiger partial charge is 0.375 e. The predicted molar refractivity (Wildman–Crippen MR) is 61.5 cm³/mol. The lowest BCUT2D eigenvalue weighted by Crippen LogP contribution is -2.52. The van der Waals surface area contributed by atoms with Gasteiger partial charge >= 0.3 is 0 Å². The second-order valence-electron chi connectivity index (χ2n) is 5.00. The molecule has 0 radical (unpaired) electrons. The molecule has 1 heterocycles. The van der Waals surface area contributed by atoms with E-state index in [4.69, 9.17) is 10.5 Å². The lowest BCUT2D eigenvalue weighted by molar-refractivity contribution is -0.0143. The van der Waals surface area contributed by atoms with E-state index in [2.05, 4.69) is 5.32 Å². The van der Waals surface area contributed by atoms with E-state index in [0.717, 1.165) is 25.5 Å². The van der Waals surface area contributed by atoms with Gasteiger partial charge in [-0.1, -0.05) is 19.3 Å². The van der Waals surface area contributed by atoms with Crippen LogP contribution in [0.2, 0.25) is 0 Å². The fourth-order valence-corrected chi connectivity index (χ4v) is 2.68. The number of nitrogens with one attached hydrogen (secondary N) is 1. The first kappa shape index (κ1) is 11.4. The molecule has 3 heteroatoms. The maximum atomic E-state index is 5.96. The van der Waals surface area contributed by atoms with Crippen LogP contribution in [0.5, 0.6) is 0 Å². The van der Waals surface area contributed by atoms with E-state index in [1.165, 1.54) is 38.5 Å². The van der Waals surface area contributed by atoms with Gasteiger partial charge in [0, 0.05) is 6.61 Å². The van der Waals surface area contributed by atoms with Crippen molar-refractivity contribution in [3.05, 3.63) is 0 Å². The van der Waals surface area contributed by atoms with Gasteiger partial charge in [0.15, 0.2) is 0 Å².